The van der Waals surface area contributed by atoms with E-state index in [0.717, 1.165) is 19.1 Å². The molecule has 0 saturated carbocycles. The van der Waals surface area contributed by atoms with E-state index in [4.69, 9.17) is 4.74 Å². The Balaban J connectivity index is 2.55. The van der Waals surface area contributed by atoms with E-state index in [1.807, 2.05) is 20.8 Å². The van der Waals surface area contributed by atoms with Gasteiger partial charge in [-0.15, -0.1) is 0 Å². The quantitative estimate of drug-likeness (QED) is 0.319. The van der Waals surface area contributed by atoms with Gasteiger partial charge < -0.3 is 9.53 Å². The van der Waals surface area contributed by atoms with Crippen LogP contribution in [0.3, 0.4) is 0 Å². The number of halogens is 1. The second kappa shape index (κ2) is 5.33. The smallest absolute Gasteiger partial charge is 0.411 e. The first-order valence-electron chi connectivity index (χ1n) is 5.42. The Morgan fingerprint density at radius 3 is 2.56 bits per heavy atom. The molecule has 0 aromatic carbocycles. The van der Waals surface area contributed by atoms with Gasteiger partial charge in [-0.05, 0) is 33.6 Å². The van der Waals surface area contributed by atoms with Crippen molar-refractivity contribution >= 4 is 35.0 Å². The Morgan fingerprint density at radius 2 is 2.12 bits per heavy atom. The van der Waals surface area contributed by atoms with Crippen LogP contribution in [-0.2, 0) is 9.53 Å². The van der Waals surface area contributed by atoms with Crippen LogP contribution in [0, 0.1) is 5.92 Å². The maximum absolute atomic E-state index is 11.8. The van der Waals surface area contributed by atoms with Gasteiger partial charge in [0.25, 0.3) is 0 Å². The van der Waals surface area contributed by atoms with Crippen LogP contribution in [0.4, 0.5) is 4.79 Å². The summed E-state index contributed by atoms with van der Waals surface area (Å²) >= 11 is 2.19. The summed E-state index contributed by atoms with van der Waals surface area (Å²) in [5.74, 6) is 0.0839. The van der Waals surface area contributed by atoms with Gasteiger partial charge in [-0.1, -0.05) is 22.6 Å². The first kappa shape index (κ1) is 13.7. The number of aldehydes is 1. The molecule has 0 spiro atoms. The molecule has 0 aromatic rings. The fourth-order valence-electron chi connectivity index (χ4n) is 1.59. The lowest BCUT2D eigenvalue weighted by molar-refractivity contribution is -0.112. The number of piperidine rings is 1. The molecular weight excluding hydrogens is 321 g/mol. The molecule has 0 N–H and O–H groups in total. The van der Waals surface area contributed by atoms with E-state index in [1.54, 1.807) is 4.90 Å². The Morgan fingerprint density at radius 1 is 1.50 bits per heavy atom. The summed E-state index contributed by atoms with van der Waals surface area (Å²) < 4.78 is 5.36. The first-order chi connectivity index (χ1) is 7.33. The van der Waals surface area contributed by atoms with E-state index in [2.05, 4.69) is 22.6 Å². The van der Waals surface area contributed by atoms with E-state index in [9.17, 15) is 9.59 Å². The summed E-state index contributed by atoms with van der Waals surface area (Å²) in [4.78, 5) is 24.2. The zero-order valence-electron chi connectivity index (χ0n) is 9.90. The number of nitrogens with zero attached hydrogens (tertiary/aromatic N) is 1. The van der Waals surface area contributed by atoms with Gasteiger partial charge in [0.05, 0.1) is 4.05 Å². The Hall–Kier alpha value is -0.330. The SMILES string of the molecule is CC(C)(C)OC(=O)N1CCC(C=O)CC1I. The normalized spacial score (nSPS) is 26.4. The number of alkyl halides is 1. The maximum atomic E-state index is 11.8. The fourth-order valence-corrected chi connectivity index (χ4v) is 2.75. The van der Waals surface area contributed by atoms with Crippen LogP contribution in [0.5, 0.6) is 0 Å². The van der Waals surface area contributed by atoms with Crippen molar-refractivity contribution < 1.29 is 14.3 Å². The highest BCUT2D eigenvalue weighted by Gasteiger charge is 2.32. The van der Waals surface area contributed by atoms with Crippen molar-refractivity contribution in [3.05, 3.63) is 0 Å². The number of carbonyl (C=O) groups excluding carboxylic acids is 2. The van der Waals surface area contributed by atoms with Crippen molar-refractivity contribution in [1.29, 1.82) is 0 Å². The van der Waals surface area contributed by atoms with Crippen LogP contribution in [0.1, 0.15) is 33.6 Å². The van der Waals surface area contributed by atoms with Crippen LogP contribution in [0.15, 0.2) is 0 Å². The lowest BCUT2D eigenvalue weighted by atomic mass is 9.99. The number of likely N-dealkylation sites (tertiary alicyclic amines) is 1. The average molecular weight is 339 g/mol. The van der Waals surface area contributed by atoms with E-state index >= 15 is 0 Å². The molecule has 0 radical (unpaired) electrons. The summed E-state index contributed by atoms with van der Waals surface area (Å²) in [6.45, 7) is 6.16. The maximum Gasteiger partial charge on any atom is 0.411 e. The summed E-state index contributed by atoms with van der Waals surface area (Å²) in [6.07, 6.45) is 2.17. The third-order valence-electron chi connectivity index (χ3n) is 2.40. The molecular formula is C11H18INO3. The molecule has 16 heavy (non-hydrogen) atoms. The number of amides is 1. The van der Waals surface area contributed by atoms with E-state index in [-0.39, 0.29) is 16.1 Å². The van der Waals surface area contributed by atoms with Gasteiger partial charge >= 0.3 is 6.09 Å². The number of hydrogen-bond acceptors (Lipinski definition) is 3. The Bertz CT molecular complexity index is 275. The second-order valence-corrected chi connectivity index (χ2v) is 6.47. The molecule has 5 heteroatoms. The van der Waals surface area contributed by atoms with Gasteiger partial charge in [0.15, 0.2) is 0 Å². The highest BCUT2D eigenvalue weighted by molar-refractivity contribution is 14.1. The summed E-state index contributed by atoms with van der Waals surface area (Å²) in [5.41, 5.74) is -0.463. The molecule has 1 heterocycles. The summed E-state index contributed by atoms with van der Waals surface area (Å²) in [5, 5.41) is 0. The minimum atomic E-state index is -0.463. The summed E-state index contributed by atoms with van der Waals surface area (Å²) in [6, 6.07) is 0. The highest BCUT2D eigenvalue weighted by Crippen LogP contribution is 2.27. The van der Waals surface area contributed by atoms with Gasteiger partial charge in [0.1, 0.15) is 11.9 Å². The molecule has 1 fully saturated rings. The molecule has 2 unspecified atom stereocenters. The van der Waals surface area contributed by atoms with Gasteiger partial charge in [-0.3, -0.25) is 4.90 Å². The molecule has 1 rings (SSSR count). The predicted octanol–water partition coefficient (Wildman–Crippen LogP) is 2.59. The average Bonchev–Trinajstić information content (AvgIpc) is 2.14. The molecule has 1 amide bonds. The van der Waals surface area contributed by atoms with Crippen LogP contribution < -0.4 is 0 Å². The lowest BCUT2D eigenvalue weighted by Crippen LogP contribution is -2.45. The zero-order chi connectivity index (χ0) is 12.3. The second-order valence-electron chi connectivity index (χ2n) is 5.03. The van der Waals surface area contributed by atoms with Crippen LogP contribution in [-0.4, -0.2) is 33.5 Å². The Kier molecular flexibility index (Phi) is 4.58. The van der Waals surface area contributed by atoms with Crippen molar-refractivity contribution in [3.8, 4) is 0 Å². The fraction of sp³-hybridized carbons (Fsp3) is 0.818. The lowest BCUT2D eigenvalue weighted by Gasteiger charge is -2.35. The van der Waals surface area contributed by atoms with E-state index in [1.165, 1.54) is 0 Å². The molecule has 0 aromatic heterocycles. The predicted molar refractivity (Wildman–Crippen MR) is 69.5 cm³/mol. The third-order valence-corrected chi connectivity index (χ3v) is 3.58. The van der Waals surface area contributed by atoms with Crippen molar-refractivity contribution in [2.75, 3.05) is 6.54 Å². The molecule has 1 aliphatic rings. The van der Waals surface area contributed by atoms with Crippen molar-refractivity contribution in [3.63, 3.8) is 0 Å². The minimum absolute atomic E-state index is 0.0522. The van der Waals surface area contributed by atoms with Gasteiger partial charge in [0.2, 0.25) is 0 Å². The number of carbonyl (C=O) groups is 2. The van der Waals surface area contributed by atoms with Crippen LogP contribution in [0.25, 0.3) is 0 Å². The van der Waals surface area contributed by atoms with Gasteiger partial charge in [-0.2, -0.15) is 0 Å². The standard InChI is InChI=1S/C11H18INO3/c1-11(2,3)16-10(15)13-5-4-8(7-14)6-9(13)12/h7-9H,4-6H2,1-3H3. The molecule has 92 valence electrons. The molecule has 0 bridgehead atoms. The number of ether oxygens (including phenoxy) is 1. The van der Waals surface area contributed by atoms with Crippen LogP contribution in [0.2, 0.25) is 0 Å². The molecule has 1 saturated heterocycles. The van der Waals surface area contributed by atoms with Gasteiger partial charge in [-0.25, -0.2) is 4.79 Å². The molecule has 1 aliphatic heterocycles. The summed E-state index contributed by atoms with van der Waals surface area (Å²) in [7, 11) is 0. The monoisotopic (exact) mass is 339 g/mol. The molecule has 4 nitrogen and oxygen atoms in total. The largest absolute Gasteiger partial charge is 0.444 e. The zero-order valence-corrected chi connectivity index (χ0v) is 12.1. The first-order valence-corrected chi connectivity index (χ1v) is 6.67. The number of rotatable bonds is 1. The molecule has 0 aliphatic carbocycles. The molecule has 2 atom stereocenters. The minimum Gasteiger partial charge on any atom is -0.444 e. The topological polar surface area (TPSA) is 46.6 Å². The Labute approximate surface area is 110 Å². The van der Waals surface area contributed by atoms with Crippen molar-refractivity contribution in [2.45, 2.75) is 43.3 Å². The van der Waals surface area contributed by atoms with Crippen LogP contribution >= 0.6 is 22.6 Å². The van der Waals surface area contributed by atoms with Crippen molar-refractivity contribution in [1.82, 2.24) is 4.90 Å². The van der Waals surface area contributed by atoms with E-state index < -0.39 is 5.60 Å². The van der Waals surface area contributed by atoms with Gasteiger partial charge in [0, 0.05) is 12.5 Å². The van der Waals surface area contributed by atoms with Crippen molar-refractivity contribution in [2.24, 2.45) is 5.92 Å². The van der Waals surface area contributed by atoms with E-state index in [0.29, 0.717) is 6.54 Å². The highest BCUT2D eigenvalue weighted by atomic mass is 127. The number of hydrogen-bond donors (Lipinski definition) is 0. The third kappa shape index (κ3) is 3.92.